The smallest absolute Gasteiger partial charge is 0.274 e. The summed E-state index contributed by atoms with van der Waals surface area (Å²) >= 11 is 0. The molecule has 2 heterocycles. The van der Waals surface area contributed by atoms with Crippen LogP contribution in [0.1, 0.15) is 40.0 Å². The molecule has 0 spiro atoms. The van der Waals surface area contributed by atoms with Crippen molar-refractivity contribution >= 4 is 16.8 Å². The van der Waals surface area contributed by atoms with Crippen LogP contribution in [0.5, 0.6) is 0 Å². The molecule has 3 aromatic rings. The molecule has 1 aliphatic rings. The third-order valence-electron chi connectivity index (χ3n) is 5.87. The van der Waals surface area contributed by atoms with Crippen LogP contribution in [0.25, 0.3) is 10.9 Å². The first kappa shape index (κ1) is 20.6. The molecule has 0 radical (unpaired) electrons. The third-order valence-corrected chi connectivity index (χ3v) is 5.87. The first-order valence-electron chi connectivity index (χ1n) is 10.3. The van der Waals surface area contributed by atoms with Crippen molar-refractivity contribution in [1.29, 1.82) is 0 Å². The highest BCUT2D eigenvalue weighted by Gasteiger charge is 2.23. The number of nitrogens with one attached hydrogen (secondary N) is 1. The van der Waals surface area contributed by atoms with Gasteiger partial charge in [0.1, 0.15) is 6.23 Å². The highest BCUT2D eigenvalue weighted by Crippen LogP contribution is 2.31. The monoisotopic (exact) mass is 408 g/mol. The molecule has 4 rings (SSSR count). The number of amides is 1. The van der Waals surface area contributed by atoms with Gasteiger partial charge in [-0.2, -0.15) is 0 Å². The fourth-order valence-electron chi connectivity index (χ4n) is 4.36. The topological polar surface area (TPSA) is 104 Å². The lowest BCUT2D eigenvalue weighted by Gasteiger charge is -2.28. The van der Waals surface area contributed by atoms with Gasteiger partial charge in [-0.05, 0) is 48.7 Å². The number of benzene rings is 2. The summed E-state index contributed by atoms with van der Waals surface area (Å²) in [6, 6.07) is 15.8. The van der Waals surface area contributed by atoms with Crippen LogP contribution in [0, 0.1) is 0 Å². The van der Waals surface area contributed by atoms with Gasteiger partial charge in [0.15, 0.2) is 0 Å². The molecule has 0 fully saturated rings. The maximum Gasteiger partial charge on any atom is 0.274 e. The second-order valence-corrected chi connectivity index (χ2v) is 7.90. The van der Waals surface area contributed by atoms with E-state index in [0.29, 0.717) is 12.0 Å². The second-order valence-electron chi connectivity index (χ2n) is 7.90. The molecule has 0 saturated carbocycles. The van der Waals surface area contributed by atoms with Crippen LogP contribution in [-0.2, 0) is 19.5 Å². The van der Waals surface area contributed by atoms with Gasteiger partial charge in [-0.1, -0.05) is 30.3 Å². The number of aliphatic hydroxyl groups excluding tert-OH is 1. The lowest BCUT2D eigenvalue weighted by atomic mass is 10.0. The molecule has 1 unspecified atom stereocenters. The predicted octanol–water partition coefficient (Wildman–Crippen LogP) is 2.22. The number of aliphatic hydroxyl groups is 1. The number of hydrogen-bond acceptors (Lipinski definition) is 5. The Labute approximate surface area is 175 Å². The number of carbonyl (C=O) groups is 1. The van der Waals surface area contributed by atoms with Crippen molar-refractivity contribution in [3.8, 4) is 0 Å². The Hall–Kier alpha value is -2.71. The van der Waals surface area contributed by atoms with Gasteiger partial charge < -0.3 is 15.4 Å². The number of nitrogens with two attached hydrogens (primary N) is 1. The number of hydroxylamine groups is 1. The molecule has 30 heavy (non-hydrogen) atoms. The van der Waals surface area contributed by atoms with Gasteiger partial charge in [-0.3, -0.25) is 14.9 Å². The number of rotatable bonds is 7. The van der Waals surface area contributed by atoms with Crippen molar-refractivity contribution in [1.82, 2.24) is 14.9 Å². The summed E-state index contributed by atoms with van der Waals surface area (Å²) in [5.41, 5.74) is 12.6. The maximum absolute atomic E-state index is 11.6. The molecule has 1 aromatic heterocycles. The van der Waals surface area contributed by atoms with Gasteiger partial charge in [0.25, 0.3) is 5.91 Å². The van der Waals surface area contributed by atoms with E-state index in [0.717, 1.165) is 44.6 Å². The fraction of sp³-hybridized carbons (Fsp3) is 0.348. The summed E-state index contributed by atoms with van der Waals surface area (Å²) in [5.74, 6) is -0.507. The van der Waals surface area contributed by atoms with Crippen LogP contribution in [0.15, 0.2) is 48.5 Å². The normalized spacial score (nSPS) is 15.2. The van der Waals surface area contributed by atoms with Crippen LogP contribution >= 0.6 is 0 Å². The lowest BCUT2D eigenvalue weighted by molar-refractivity contribution is 0.0706. The zero-order valence-corrected chi connectivity index (χ0v) is 16.9. The molecule has 1 amide bonds. The van der Waals surface area contributed by atoms with Gasteiger partial charge in [0, 0.05) is 48.2 Å². The first-order chi connectivity index (χ1) is 14.6. The van der Waals surface area contributed by atoms with Crippen molar-refractivity contribution in [2.75, 3.05) is 13.1 Å². The number of carbonyl (C=O) groups excluding carboxylic acids is 1. The third kappa shape index (κ3) is 4.24. The van der Waals surface area contributed by atoms with Crippen LogP contribution < -0.4 is 11.2 Å². The first-order valence-corrected chi connectivity index (χ1v) is 10.3. The van der Waals surface area contributed by atoms with E-state index in [9.17, 15) is 9.90 Å². The van der Waals surface area contributed by atoms with Crippen molar-refractivity contribution < 1.29 is 15.1 Å². The number of nitrogens with zero attached hydrogens (tertiary/aromatic N) is 2. The lowest BCUT2D eigenvalue weighted by Crippen LogP contribution is -2.32. The number of hydrogen-bond donors (Lipinski definition) is 4. The van der Waals surface area contributed by atoms with E-state index in [1.54, 1.807) is 17.6 Å². The van der Waals surface area contributed by atoms with Crippen LogP contribution in [-0.4, -0.2) is 45.0 Å². The molecule has 7 nitrogen and oxygen atoms in total. The van der Waals surface area contributed by atoms with Gasteiger partial charge in [0.2, 0.25) is 0 Å². The van der Waals surface area contributed by atoms with Gasteiger partial charge >= 0.3 is 0 Å². The Morgan fingerprint density at radius 1 is 1.17 bits per heavy atom. The molecule has 0 aliphatic carbocycles. The summed E-state index contributed by atoms with van der Waals surface area (Å²) in [5, 5.41) is 19.4. The minimum Gasteiger partial charge on any atom is -0.379 e. The minimum absolute atomic E-state index is 0.430. The van der Waals surface area contributed by atoms with Crippen molar-refractivity contribution in [3.63, 3.8) is 0 Å². The molecule has 0 bridgehead atoms. The van der Waals surface area contributed by atoms with E-state index in [-0.39, 0.29) is 0 Å². The standard InChI is InChI=1S/C23H28N4O3/c24-22(28)6-3-12-26-13-11-21-19(15-26)18-4-1-2-5-20(18)27(21)14-16-7-9-17(10-8-16)23(29)25-30/h1-2,4-5,7-10,22,28,30H,3,6,11-15,24H2,(H,25,29). The summed E-state index contributed by atoms with van der Waals surface area (Å²) in [7, 11) is 0. The summed E-state index contributed by atoms with van der Waals surface area (Å²) in [4.78, 5) is 14.0. The van der Waals surface area contributed by atoms with Crippen molar-refractivity contribution in [2.24, 2.45) is 5.73 Å². The molecule has 2 aromatic carbocycles. The minimum atomic E-state index is -0.734. The second kappa shape index (κ2) is 8.97. The van der Waals surface area contributed by atoms with Crippen molar-refractivity contribution in [2.45, 2.75) is 38.6 Å². The molecule has 1 aliphatic heterocycles. The highest BCUT2D eigenvalue weighted by molar-refractivity contribution is 5.93. The molecule has 5 N–H and O–H groups in total. The van der Waals surface area contributed by atoms with E-state index >= 15 is 0 Å². The molecular formula is C23H28N4O3. The van der Waals surface area contributed by atoms with Gasteiger partial charge in [0.05, 0.1) is 0 Å². The van der Waals surface area contributed by atoms with Gasteiger partial charge in [-0.25, -0.2) is 5.48 Å². The maximum atomic E-state index is 11.6. The molecule has 7 heteroatoms. The van der Waals surface area contributed by atoms with Gasteiger partial charge in [-0.15, -0.1) is 0 Å². The van der Waals surface area contributed by atoms with E-state index < -0.39 is 12.1 Å². The Bertz CT molecular complexity index is 1030. The Morgan fingerprint density at radius 2 is 1.93 bits per heavy atom. The Balaban J connectivity index is 1.59. The van der Waals surface area contributed by atoms with Crippen LogP contribution in [0.3, 0.4) is 0 Å². The zero-order valence-electron chi connectivity index (χ0n) is 16.9. The zero-order chi connectivity index (χ0) is 21.1. The average molecular weight is 409 g/mol. The molecule has 158 valence electrons. The number of para-hydroxylation sites is 1. The molecular weight excluding hydrogens is 380 g/mol. The summed E-state index contributed by atoms with van der Waals surface area (Å²) < 4.78 is 2.38. The van der Waals surface area contributed by atoms with E-state index in [1.165, 1.54) is 22.2 Å². The highest BCUT2D eigenvalue weighted by atomic mass is 16.5. The van der Waals surface area contributed by atoms with E-state index in [1.807, 2.05) is 12.1 Å². The average Bonchev–Trinajstić information content (AvgIpc) is 3.07. The quantitative estimate of drug-likeness (QED) is 0.273. The Kier molecular flexibility index (Phi) is 6.15. The van der Waals surface area contributed by atoms with Crippen LogP contribution in [0.2, 0.25) is 0 Å². The SMILES string of the molecule is NC(O)CCCN1CCc2c(c3ccccc3n2Cc2ccc(C(=O)NO)cc2)C1. The Morgan fingerprint density at radius 3 is 2.67 bits per heavy atom. The predicted molar refractivity (Wildman–Crippen MR) is 115 cm³/mol. The molecule has 0 saturated heterocycles. The largest absolute Gasteiger partial charge is 0.379 e. The van der Waals surface area contributed by atoms with Crippen LogP contribution in [0.4, 0.5) is 0 Å². The van der Waals surface area contributed by atoms with E-state index in [4.69, 9.17) is 10.9 Å². The number of fused-ring (bicyclic) bond motifs is 3. The molecule has 1 atom stereocenters. The van der Waals surface area contributed by atoms with E-state index in [2.05, 4.69) is 33.7 Å². The summed E-state index contributed by atoms with van der Waals surface area (Å²) in [6.07, 6.45) is 1.75. The fourth-order valence-corrected chi connectivity index (χ4v) is 4.36. The summed E-state index contributed by atoms with van der Waals surface area (Å²) in [6.45, 7) is 3.55. The number of aromatic nitrogens is 1. The van der Waals surface area contributed by atoms with Crippen molar-refractivity contribution in [3.05, 3.63) is 70.9 Å².